The molecular weight excluding hydrogens is 280 g/mol. The van der Waals surface area contributed by atoms with E-state index in [4.69, 9.17) is 0 Å². The molecule has 1 aliphatic carbocycles. The molecule has 0 atom stereocenters. The van der Waals surface area contributed by atoms with Crippen LogP contribution in [0.2, 0.25) is 0 Å². The van der Waals surface area contributed by atoms with E-state index in [-0.39, 0.29) is 23.6 Å². The number of hydrogen-bond donors (Lipinski definition) is 2. The Hall–Kier alpha value is -2.76. The fourth-order valence-electron chi connectivity index (χ4n) is 1.96. The summed E-state index contributed by atoms with van der Waals surface area (Å²) in [6.07, 6.45) is 5.16. The maximum Gasteiger partial charge on any atom is 0.270 e. The minimum absolute atomic E-state index is 0.234. The standard InChI is InChI=1S/C16H16N4O2/c21-15(19-10-13-3-1-2-7-17-13)11-6-8-18-14(9-11)16(22)20-12-4-5-12/h1-3,6-9,12H,4-5,10H2,(H,19,21)(H,20,22). The van der Waals surface area contributed by atoms with Gasteiger partial charge in [0.25, 0.3) is 11.8 Å². The largest absolute Gasteiger partial charge is 0.348 e. The summed E-state index contributed by atoms with van der Waals surface area (Å²) < 4.78 is 0. The smallest absolute Gasteiger partial charge is 0.270 e. The number of nitrogens with zero attached hydrogens (tertiary/aromatic N) is 2. The zero-order chi connectivity index (χ0) is 15.4. The zero-order valence-corrected chi connectivity index (χ0v) is 12.0. The first-order valence-electron chi connectivity index (χ1n) is 7.17. The summed E-state index contributed by atoms with van der Waals surface area (Å²) in [4.78, 5) is 32.2. The minimum Gasteiger partial charge on any atom is -0.348 e. The van der Waals surface area contributed by atoms with Crippen molar-refractivity contribution in [3.8, 4) is 0 Å². The van der Waals surface area contributed by atoms with Crippen molar-refractivity contribution in [2.24, 2.45) is 0 Å². The highest BCUT2D eigenvalue weighted by molar-refractivity contribution is 5.98. The molecule has 2 N–H and O–H groups in total. The number of pyridine rings is 2. The van der Waals surface area contributed by atoms with E-state index in [9.17, 15) is 9.59 Å². The van der Waals surface area contributed by atoms with Gasteiger partial charge in [0.05, 0.1) is 12.2 Å². The molecule has 0 unspecified atom stereocenters. The van der Waals surface area contributed by atoms with Crippen LogP contribution in [-0.4, -0.2) is 27.8 Å². The van der Waals surface area contributed by atoms with Gasteiger partial charge in [-0.2, -0.15) is 0 Å². The summed E-state index contributed by atoms with van der Waals surface area (Å²) >= 11 is 0. The Morgan fingerprint density at radius 3 is 2.68 bits per heavy atom. The molecule has 1 fully saturated rings. The summed E-state index contributed by atoms with van der Waals surface area (Å²) in [6.45, 7) is 0.339. The highest BCUT2D eigenvalue weighted by Crippen LogP contribution is 2.19. The SMILES string of the molecule is O=C(NCc1ccccn1)c1ccnc(C(=O)NC2CC2)c1. The van der Waals surface area contributed by atoms with E-state index in [1.807, 2.05) is 18.2 Å². The highest BCUT2D eigenvalue weighted by Gasteiger charge is 2.24. The van der Waals surface area contributed by atoms with Gasteiger partial charge in [-0.15, -0.1) is 0 Å². The number of carbonyl (C=O) groups excluding carboxylic acids is 2. The highest BCUT2D eigenvalue weighted by atomic mass is 16.2. The number of rotatable bonds is 5. The first-order valence-corrected chi connectivity index (χ1v) is 7.17. The normalized spacial score (nSPS) is 13.5. The Morgan fingerprint density at radius 2 is 1.95 bits per heavy atom. The van der Waals surface area contributed by atoms with Gasteiger partial charge in [-0.05, 0) is 37.1 Å². The van der Waals surface area contributed by atoms with Gasteiger partial charge in [0.2, 0.25) is 0 Å². The first-order chi connectivity index (χ1) is 10.7. The second-order valence-corrected chi connectivity index (χ2v) is 5.18. The lowest BCUT2D eigenvalue weighted by Gasteiger charge is -2.06. The van der Waals surface area contributed by atoms with E-state index in [2.05, 4.69) is 20.6 Å². The van der Waals surface area contributed by atoms with Gasteiger partial charge in [0.1, 0.15) is 5.69 Å². The van der Waals surface area contributed by atoms with Crippen LogP contribution in [-0.2, 0) is 6.54 Å². The maximum absolute atomic E-state index is 12.1. The van der Waals surface area contributed by atoms with Crippen molar-refractivity contribution in [1.29, 1.82) is 0 Å². The first kappa shape index (κ1) is 14.2. The lowest BCUT2D eigenvalue weighted by molar-refractivity contribution is 0.0946. The van der Waals surface area contributed by atoms with Gasteiger partial charge < -0.3 is 10.6 Å². The second-order valence-electron chi connectivity index (χ2n) is 5.18. The van der Waals surface area contributed by atoms with Crippen LogP contribution in [0.3, 0.4) is 0 Å². The number of hydrogen-bond acceptors (Lipinski definition) is 4. The van der Waals surface area contributed by atoms with Crippen molar-refractivity contribution in [1.82, 2.24) is 20.6 Å². The van der Waals surface area contributed by atoms with Crippen molar-refractivity contribution in [3.05, 3.63) is 59.7 Å². The molecule has 6 nitrogen and oxygen atoms in total. The molecule has 0 spiro atoms. The van der Waals surface area contributed by atoms with Crippen molar-refractivity contribution < 1.29 is 9.59 Å². The molecule has 2 amide bonds. The Morgan fingerprint density at radius 1 is 1.09 bits per heavy atom. The second kappa shape index (κ2) is 6.34. The average Bonchev–Trinajstić information content (AvgIpc) is 3.37. The molecule has 2 aromatic heterocycles. The summed E-state index contributed by atoms with van der Waals surface area (Å²) in [5.74, 6) is -0.490. The van der Waals surface area contributed by atoms with Crippen LogP contribution in [0.5, 0.6) is 0 Å². The Balaban J connectivity index is 1.63. The molecule has 1 aliphatic rings. The summed E-state index contributed by atoms with van der Waals surface area (Å²) in [5.41, 5.74) is 1.45. The number of amides is 2. The molecule has 3 rings (SSSR count). The molecule has 2 heterocycles. The Labute approximate surface area is 128 Å². The van der Waals surface area contributed by atoms with Crippen LogP contribution < -0.4 is 10.6 Å². The molecule has 6 heteroatoms. The van der Waals surface area contributed by atoms with E-state index >= 15 is 0 Å². The predicted molar refractivity (Wildman–Crippen MR) is 80.1 cm³/mol. The molecule has 2 aromatic rings. The van der Waals surface area contributed by atoms with Crippen LogP contribution in [0.15, 0.2) is 42.7 Å². The fraction of sp³-hybridized carbons (Fsp3) is 0.250. The molecule has 22 heavy (non-hydrogen) atoms. The van der Waals surface area contributed by atoms with Crippen molar-refractivity contribution in [2.75, 3.05) is 0 Å². The topological polar surface area (TPSA) is 84.0 Å². The maximum atomic E-state index is 12.1. The van der Waals surface area contributed by atoms with E-state index in [1.165, 1.54) is 12.3 Å². The number of aromatic nitrogens is 2. The number of nitrogens with one attached hydrogen (secondary N) is 2. The summed E-state index contributed by atoms with van der Waals surface area (Å²) in [7, 11) is 0. The van der Waals surface area contributed by atoms with E-state index in [0.717, 1.165) is 18.5 Å². The van der Waals surface area contributed by atoms with Crippen LogP contribution >= 0.6 is 0 Å². The average molecular weight is 296 g/mol. The third kappa shape index (κ3) is 3.66. The van der Waals surface area contributed by atoms with E-state index in [1.54, 1.807) is 12.3 Å². The summed E-state index contributed by atoms with van der Waals surface area (Å²) in [6, 6.07) is 8.87. The predicted octanol–water partition coefficient (Wildman–Crippen LogP) is 1.30. The molecule has 0 aromatic carbocycles. The molecule has 112 valence electrons. The van der Waals surface area contributed by atoms with Crippen molar-refractivity contribution in [3.63, 3.8) is 0 Å². The van der Waals surface area contributed by atoms with Gasteiger partial charge in [0.15, 0.2) is 0 Å². The van der Waals surface area contributed by atoms with Gasteiger partial charge in [-0.25, -0.2) is 0 Å². The van der Waals surface area contributed by atoms with Gasteiger partial charge in [-0.3, -0.25) is 19.6 Å². The Bertz CT molecular complexity index is 684. The van der Waals surface area contributed by atoms with Gasteiger partial charge >= 0.3 is 0 Å². The van der Waals surface area contributed by atoms with Gasteiger partial charge in [0, 0.05) is 24.0 Å². The lowest BCUT2D eigenvalue weighted by Crippen LogP contribution is -2.27. The minimum atomic E-state index is -0.256. The van der Waals surface area contributed by atoms with E-state index in [0.29, 0.717) is 12.1 Å². The molecule has 0 bridgehead atoms. The molecular formula is C16H16N4O2. The molecule has 0 saturated heterocycles. The van der Waals surface area contributed by atoms with Crippen molar-refractivity contribution in [2.45, 2.75) is 25.4 Å². The third-order valence-corrected chi connectivity index (χ3v) is 3.32. The van der Waals surface area contributed by atoms with E-state index < -0.39 is 0 Å². The number of carbonyl (C=O) groups is 2. The zero-order valence-electron chi connectivity index (χ0n) is 12.0. The van der Waals surface area contributed by atoms with Gasteiger partial charge in [-0.1, -0.05) is 6.07 Å². The third-order valence-electron chi connectivity index (χ3n) is 3.32. The molecule has 0 aliphatic heterocycles. The van der Waals surface area contributed by atoms with Crippen molar-refractivity contribution >= 4 is 11.8 Å². The van der Waals surface area contributed by atoms with Crippen LogP contribution in [0.25, 0.3) is 0 Å². The fourth-order valence-corrected chi connectivity index (χ4v) is 1.96. The molecule has 1 saturated carbocycles. The molecule has 0 radical (unpaired) electrons. The monoisotopic (exact) mass is 296 g/mol. The van der Waals surface area contributed by atoms with Crippen LogP contribution in [0.4, 0.5) is 0 Å². The lowest BCUT2D eigenvalue weighted by atomic mass is 10.2. The summed E-state index contributed by atoms with van der Waals surface area (Å²) in [5, 5.41) is 5.62. The quantitative estimate of drug-likeness (QED) is 0.871. The van der Waals surface area contributed by atoms with Crippen LogP contribution in [0.1, 0.15) is 39.4 Å². The van der Waals surface area contributed by atoms with Crippen LogP contribution in [0, 0.1) is 0 Å². The Kier molecular flexibility index (Phi) is 4.09.